The van der Waals surface area contributed by atoms with Gasteiger partial charge in [0.1, 0.15) is 0 Å². The number of carbonyl (C=O) groups excluding carboxylic acids is 2. The summed E-state index contributed by atoms with van der Waals surface area (Å²) in [5.74, 6) is 5.39. The van der Waals surface area contributed by atoms with Gasteiger partial charge in [-0.25, -0.2) is 0 Å². The molecule has 2 amide bonds. The van der Waals surface area contributed by atoms with Crippen molar-refractivity contribution in [3.63, 3.8) is 0 Å². The van der Waals surface area contributed by atoms with Crippen LogP contribution in [0.15, 0.2) is 0 Å². The molecule has 4 nitrogen and oxygen atoms in total. The molecule has 1 aliphatic rings. The molecule has 16 heavy (non-hydrogen) atoms. The van der Waals surface area contributed by atoms with Crippen LogP contribution in [0.25, 0.3) is 0 Å². The van der Waals surface area contributed by atoms with Crippen LogP contribution in [0.3, 0.4) is 0 Å². The van der Waals surface area contributed by atoms with Crippen molar-refractivity contribution in [3.05, 3.63) is 0 Å². The van der Waals surface area contributed by atoms with Gasteiger partial charge < -0.3 is 0 Å². The van der Waals surface area contributed by atoms with Gasteiger partial charge in [0.05, 0.1) is 6.42 Å². The minimum Gasteiger partial charge on any atom is -0.294 e. The lowest BCUT2D eigenvalue weighted by atomic mass is 9.95. The van der Waals surface area contributed by atoms with Gasteiger partial charge in [-0.3, -0.25) is 19.8 Å². The van der Waals surface area contributed by atoms with Gasteiger partial charge in [-0.05, 0) is 13.1 Å². The summed E-state index contributed by atoms with van der Waals surface area (Å²) in [7, 11) is 0. The number of likely N-dealkylation sites (N-methyl/N-ethyl adjacent to an activating group) is 1. The molecule has 0 saturated carbocycles. The van der Waals surface area contributed by atoms with E-state index in [9.17, 15) is 9.59 Å². The third-order valence-corrected chi connectivity index (χ3v) is 2.82. The molecule has 1 saturated heterocycles. The highest BCUT2D eigenvalue weighted by molar-refractivity contribution is 6.10. The fraction of sp³-hybridized carbons (Fsp3) is 0.667. The second-order valence-electron chi connectivity index (χ2n) is 3.74. The lowest BCUT2D eigenvalue weighted by Crippen LogP contribution is -2.52. The number of nitrogens with zero attached hydrogens (tertiary/aromatic N) is 1. The standard InChI is InChI=1S/C12H18N2O2/c1-4-7-8-12(14(5-2)6-3)9-10(15)13-11(12)16/h4-6,9H2,1-3H3,(H,13,15,16). The van der Waals surface area contributed by atoms with E-state index < -0.39 is 5.54 Å². The average molecular weight is 222 g/mol. The maximum atomic E-state index is 11.9. The van der Waals surface area contributed by atoms with Gasteiger partial charge in [-0.2, -0.15) is 0 Å². The molecule has 0 bridgehead atoms. The molecule has 1 fully saturated rings. The van der Waals surface area contributed by atoms with Crippen molar-refractivity contribution in [1.29, 1.82) is 0 Å². The van der Waals surface area contributed by atoms with E-state index in [0.717, 1.165) is 0 Å². The molecule has 1 rings (SSSR count). The monoisotopic (exact) mass is 222 g/mol. The minimum atomic E-state index is -0.934. The van der Waals surface area contributed by atoms with Crippen LogP contribution in [0.4, 0.5) is 0 Å². The lowest BCUT2D eigenvalue weighted by molar-refractivity contribution is -0.128. The highest BCUT2D eigenvalue weighted by Gasteiger charge is 2.49. The summed E-state index contributed by atoms with van der Waals surface area (Å²) < 4.78 is 0. The predicted octanol–water partition coefficient (Wildman–Crippen LogP) is 0.527. The number of imide groups is 1. The first-order valence-corrected chi connectivity index (χ1v) is 5.70. The number of carbonyl (C=O) groups is 2. The largest absolute Gasteiger partial charge is 0.294 e. The van der Waals surface area contributed by atoms with E-state index >= 15 is 0 Å². The molecule has 0 spiro atoms. The first kappa shape index (κ1) is 12.7. The zero-order valence-electron chi connectivity index (χ0n) is 10.1. The summed E-state index contributed by atoms with van der Waals surface area (Å²) in [4.78, 5) is 25.2. The van der Waals surface area contributed by atoms with E-state index in [1.807, 2.05) is 25.7 Å². The third-order valence-electron chi connectivity index (χ3n) is 2.82. The van der Waals surface area contributed by atoms with Gasteiger partial charge in [-0.1, -0.05) is 26.7 Å². The van der Waals surface area contributed by atoms with E-state index in [4.69, 9.17) is 0 Å². The van der Waals surface area contributed by atoms with Crippen molar-refractivity contribution in [2.45, 2.75) is 39.2 Å². The molecule has 1 aliphatic heterocycles. The Hall–Kier alpha value is -1.34. The van der Waals surface area contributed by atoms with Crippen LogP contribution < -0.4 is 5.32 Å². The number of amides is 2. The topological polar surface area (TPSA) is 49.4 Å². The van der Waals surface area contributed by atoms with Gasteiger partial charge in [0.2, 0.25) is 5.91 Å². The Labute approximate surface area is 96.4 Å². The van der Waals surface area contributed by atoms with E-state index in [-0.39, 0.29) is 18.2 Å². The summed E-state index contributed by atoms with van der Waals surface area (Å²) >= 11 is 0. The normalized spacial score (nSPS) is 24.2. The molecule has 0 aliphatic carbocycles. The van der Waals surface area contributed by atoms with Crippen LogP contribution in [-0.2, 0) is 9.59 Å². The fourth-order valence-electron chi connectivity index (χ4n) is 2.02. The molecule has 1 unspecified atom stereocenters. The average Bonchev–Trinajstić information content (AvgIpc) is 2.54. The van der Waals surface area contributed by atoms with E-state index in [1.54, 1.807) is 0 Å². The van der Waals surface area contributed by atoms with Gasteiger partial charge in [0.25, 0.3) is 5.91 Å². The molecule has 1 heterocycles. The summed E-state index contributed by atoms with van der Waals surface area (Å²) in [6, 6.07) is 0. The summed E-state index contributed by atoms with van der Waals surface area (Å²) in [6.45, 7) is 7.27. The van der Waals surface area contributed by atoms with Crippen molar-refractivity contribution >= 4 is 11.8 Å². The first-order chi connectivity index (χ1) is 7.60. The maximum Gasteiger partial charge on any atom is 0.260 e. The van der Waals surface area contributed by atoms with Crippen LogP contribution >= 0.6 is 0 Å². The van der Waals surface area contributed by atoms with Crippen LogP contribution in [0.2, 0.25) is 0 Å². The molecule has 0 radical (unpaired) electrons. The van der Waals surface area contributed by atoms with Crippen LogP contribution in [0.5, 0.6) is 0 Å². The van der Waals surface area contributed by atoms with E-state index in [1.165, 1.54) is 0 Å². The smallest absolute Gasteiger partial charge is 0.260 e. The van der Waals surface area contributed by atoms with Crippen molar-refractivity contribution in [2.75, 3.05) is 13.1 Å². The second-order valence-corrected chi connectivity index (χ2v) is 3.74. The summed E-state index contributed by atoms with van der Waals surface area (Å²) in [5.41, 5.74) is -0.934. The Morgan fingerprint density at radius 1 is 1.31 bits per heavy atom. The van der Waals surface area contributed by atoms with Gasteiger partial charge >= 0.3 is 0 Å². The third kappa shape index (κ3) is 2.10. The molecule has 4 heteroatoms. The number of hydrogen-bond acceptors (Lipinski definition) is 3. The summed E-state index contributed by atoms with van der Waals surface area (Å²) in [6.07, 6.45) is 0.838. The number of nitrogens with one attached hydrogen (secondary N) is 1. The zero-order chi connectivity index (χ0) is 12.2. The minimum absolute atomic E-state index is 0.153. The van der Waals surface area contributed by atoms with Crippen molar-refractivity contribution in [1.82, 2.24) is 10.2 Å². The molecule has 0 aromatic heterocycles. The molecule has 88 valence electrons. The van der Waals surface area contributed by atoms with E-state index in [0.29, 0.717) is 19.5 Å². The molecule has 1 atom stereocenters. The van der Waals surface area contributed by atoms with E-state index in [2.05, 4.69) is 17.2 Å². The fourth-order valence-corrected chi connectivity index (χ4v) is 2.02. The Balaban J connectivity index is 3.11. The Morgan fingerprint density at radius 3 is 2.31 bits per heavy atom. The van der Waals surface area contributed by atoms with Crippen LogP contribution in [-0.4, -0.2) is 35.3 Å². The number of rotatable bonds is 3. The SMILES string of the molecule is CCC#CC1(N(CC)CC)CC(=O)NC1=O. The molecule has 1 N–H and O–H groups in total. The Bertz CT molecular complexity index is 350. The first-order valence-electron chi connectivity index (χ1n) is 5.70. The second kappa shape index (κ2) is 5.13. The van der Waals surface area contributed by atoms with Crippen LogP contribution in [0, 0.1) is 11.8 Å². The van der Waals surface area contributed by atoms with Crippen molar-refractivity contribution in [2.24, 2.45) is 0 Å². The van der Waals surface area contributed by atoms with Gasteiger partial charge in [-0.15, -0.1) is 5.92 Å². The molecular weight excluding hydrogens is 204 g/mol. The maximum absolute atomic E-state index is 11.9. The summed E-state index contributed by atoms with van der Waals surface area (Å²) in [5, 5.41) is 2.34. The van der Waals surface area contributed by atoms with Crippen molar-refractivity contribution < 1.29 is 9.59 Å². The van der Waals surface area contributed by atoms with Crippen LogP contribution in [0.1, 0.15) is 33.6 Å². The highest BCUT2D eigenvalue weighted by atomic mass is 16.2. The van der Waals surface area contributed by atoms with Gasteiger partial charge in [0, 0.05) is 6.42 Å². The molecular formula is C12H18N2O2. The zero-order valence-corrected chi connectivity index (χ0v) is 10.1. The quantitative estimate of drug-likeness (QED) is 0.559. The molecule has 0 aromatic carbocycles. The Kier molecular flexibility index (Phi) is 4.08. The van der Waals surface area contributed by atoms with Gasteiger partial charge in [0.15, 0.2) is 5.54 Å². The Morgan fingerprint density at radius 2 is 1.94 bits per heavy atom. The highest BCUT2D eigenvalue weighted by Crippen LogP contribution is 2.24. The molecule has 0 aromatic rings. The van der Waals surface area contributed by atoms with Crippen molar-refractivity contribution in [3.8, 4) is 11.8 Å². The lowest BCUT2D eigenvalue weighted by Gasteiger charge is -2.32. The predicted molar refractivity (Wildman–Crippen MR) is 61.5 cm³/mol. The number of hydrogen-bond donors (Lipinski definition) is 1.